The Morgan fingerprint density at radius 3 is 2.45 bits per heavy atom. The van der Waals surface area contributed by atoms with Crippen molar-refractivity contribution in [1.29, 1.82) is 0 Å². The second-order valence-corrected chi connectivity index (χ2v) is 19.7. The molecule has 2 amide bonds. The molecule has 40 heavy (non-hydrogen) atoms. The molecule has 0 unspecified atom stereocenters. The van der Waals surface area contributed by atoms with Gasteiger partial charge in [-0.15, -0.1) is 0 Å². The normalized spacial score (nSPS) is 20.1. The Morgan fingerprint density at radius 1 is 1.12 bits per heavy atom. The predicted octanol–water partition coefficient (Wildman–Crippen LogP) is 4.51. The Labute approximate surface area is 243 Å². The summed E-state index contributed by atoms with van der Waals surface area (Å²) in [5, 5.41) is 3.88. The van der Waals surface area contributed by atoms with Crippen LogP contribution in [0.5, 0.6) is 0 Å². The summed E-state index contributed by atoms with van der Waals surface area (Å²) in [6.07, 6.45) is 4.69. The minimum Gasteiger partial charge on any atom is -0.361 e. The molecule has 220 valence electrons. The van der Waals surface area contributed by atoms with E-state index in [1.54, 1.807) is 22.1 Å². The molecule has 0 atom stereocenters. The van der Waals surface area contributed by atoms with Crippen LogP contribution in [0.15, 0.2) is 30.5 Å². The van der Waals surface area contributed by atoms with Gasteiger partial charge in [-0.2, -0.15) is 22.4 Å². The van der Waals surface area contributed by atoms with Crippen LogP contribution in [0.3, 0.4) is 0 Å². The van der Waals surface area contributed by atoms with Gasteiger partial charge in [-0.25, -0.2) is 9.78 Å². The van der Waals surface area contributed by atoms with Crippen LogP contribution in [0.1, 0.15) is 31.2 Å². The van der Waals surface area contributed by atoms with Crippen molar-refractivity contribution in [3.63, 3.8) is 0 Å². The molecule has 1 aliphatic heterocycles. The third-order valence-electron chi connectivity index (χ3n) is 7.10. The summed E-state index contributed by atoms with van der Waals surface area (Å²) in [6.45, 7) is 7.79. The number of ether oxygens (including phenoxy) is 1. The number of carbonyl (C=O) groups excluding carboxylic acids is 1. The number of fused-ring (bicyclic) bond motifs is 1. The summed E-state index contributed by atoms with van der Waals surface area (Å²) in [5.74, 6) is 0.952. The van der Waals surface area contributed by atoms with Crippen molar-refractivity contribution in [2.24, 2.45) is 0 Å². The average molecular weight is 610 g/mol. The first-order chi connectivity index (χ1) is 18.8. The van der Waals surface area contributed by atoms with Gasteiger partial charge in [0.05, 0.1) is 17.3 Å². The lowest BCUT2D eigenvalue weighted by molar-refractivity contribution is 0.147. The van der Waals surface area contributed by atoms with Gasteiger partial charge in [0.15, 0.2) is 0 Å². The summed E-state index contributed by atoms with van der Waals surface area (Å²) in [5.41, 5.74) is 1.41. The lowest BCUT2D eigenvalue weighted by atomic mass is 9.92. The second-order valence-electron chi connectivity index (χ2n) is 11.7. The van der Waals surface area contributed by atoms with Crippen molar-refractivity contribution < 1.29 is 17.9 Å². The van der Waals surface area contributed by atoms with Crippen LogP contribution in [0, 0.1) is 0 Å². The monoisotopic (exact) mass is 609 g/mol. The van der Waals surface area contributed by atoms with Crippen LogP contribution >= 0.6 is 11.6 Å². The van der Waals surface area contributed by atoms with E-state index in [2.05, 4.69) is 34.7 Å². The number of carbonyl (C=O) groups is 1. The molecule has 1 aromatic heterocycles. The van der Waals surface area contributed by atoms with E-state index in [0.717, 1.165) is 24.4 Å². The number of anilines is 3. The quantitative estimate of drug-likeness (QED) is 0.284. The third-order valence-corrected chi connectivity index (χ3v) is 10.7. The summed E-state index contributed by atoms with van der Waals surface area (Å²) in [7, 11) is -1.73. The Balaban J connectivity index is 1.49. The van der Waals surface area contributed by atoms with Gasteiger partial charge in [0, 0.05) is 52.6 Å². The lowest BCUT2D eigenvalue weighted by Crippen LogP contribution is -2.49. The number of nitrogens with one attached hydrogen (secondary N) is 2. The topological polar surface area (TPSA) is 120 Å². The van der Waals surface area contributed by atoms with Crippen molar-refractivity contribution in [3.05, 3.63) is 41.0 Å². The summed E-state index contributed by atoms with van der Waals surface area (Å²) >= 11 is 6.45. The van der Waals surface area contributed by atoms with Crippen molar-refractivity contribution >= 4 is 53.4 Å². The highest BCUT2D eigenvalue weighted by Crippen LogP contribution is 2.34. The maximum absolute atomic E-state index is 13.7. The minimum absolute atomic E-state index is 0.0743. The molecule has 0 bridgehead atoms. The Morgan fingerprint density at radius 2 is 1.80 bits per heavy atom. The number of halogens is 1. The molecular weight excluding hydrogens is 570 g/mol. The lowest BCUT2D eigenvalue weighted by Gasteiger charge is -2.36. The molecule has 1 saturated carbocycles. The van der Waals surface area contributed by atoms with Gasteiger partial charge < -0.3 is 10.1 Å². The number of amides is 2. The molecule has 2 aromatic rings. The van der Waals surface area contributed by atoms with E-state index in [-0.39, 0.29) is 24.8 Å². The zero-order valence-electron chi connectivity index (χ0n) is 23.9. The molecule has 11 nitrogen and oxygen atoms in total. The molecule has 1 fully saturated rings. The summed E-state index contributed by atoms with van der Waals surface area (Å²) in [6, 6.07) is 7.98. The third kappa shape index (κ3) is 7.71. The molecule has 4 rings (SSSR count). The van der Waals surface area contributed by atoms with Crippen molar-refractivity contribution in [2.75, 3.05) is 42.5 Å². The van der Waals surface area contributed by atoms with Crippen LogP contribution in [0.25, 0.3) is 0 Å². The molecule has 0 saturated heterocycles. The van der Waals surface area contributed by atoms with Crippen LogP contribution < -0.4 is 19.8 Å². The standard InChI is InChI=1S/C26H40ClN7O4SSi/c1-32(2)39(36,37)31-21-12-10-20(11-13-21)29-25-28-16-19-17-33(23-9-7-6-8-22(23)27)26(35)34(24(19)30-25)18-38-14-15-40(3,4)5/h6-9,16,20-21,31H,10-15,17-18H2,1-5H3,(H,28,29,30). The number of aromatic nitrogens is 2. The van der Waals surface area contributed by atoms with Gasteiger partial charge in [-0.3, -0.25) is 9.80 Å². The second kappa shape index (κ2) is 12.7. The summed E-state index contributed by atoms with van der Waals surface area (Å²) < 4.78 is 34.3. The smallest absolute Gasteiger partial charge is 0.332 e. The molecule has 14 heteroatoms. The molecule has 2 heterocycles. The molecule has 0 spiro atoms. The fraction of sp³-hybridized carbons (Fsp3) is 0.577. The van der Waals surface area contributed by atoms with E-state index in [9.17, 15) is 13.2 Å². The van der Waals surface area contributed by atoms with Crippen molar-refractivity contribution in [3.8, 4) is 0 Å². The van der Waals surface area contributed by atoms with Gasteiger partial charge in [-0.05, 0) is 43.9 Å². The van der Waals surface area contributed by atoms with E-state index < -0.39 is 18.3 Å². The minimum atomic E-state index is -3.46. The number of rotatable bonds is 11. The number of nitrogens with zero attached hydrogens (tertiary/aromatic N) is 5. The number of hydrogen-bond acceptors (Lipinski definition) is 7. The first-order valence-electron chi connectivity index (χ1n) is 13.6. The molecular formula is C26H40ClN7O4SSi. The van der Waals surface area contributed by atoms with Gasteiger partial charge in [0.1, 0.15) is 12.5 Å². The fourth-order valence-corrected chi connectivity index (χ4v) is 6.51. The Kier molecular flexibility index (Phi) is 9.73. The highest BCUT2D eigenvalue weighted by Gasteiger charge is 2.35. The largest absolute Gasteiger partial charge is 0.361 e. The maximum atomic E-state index is 13.7. The van der Waals surface area contributed by atoms with Crippen molar-refractivity contribution in [1.82, 2.24) is 19.0 Å². The number of para-hydroxylation sites is 1. The highest BCUT2D eigenvalue weighted by molar-refractivity contribution is 7.87. The number of hydrogen-bond donors (Lipinski definition) is 2. The molecule has 1 aromatic carbocycles. The zero-order valence-corrected chi connectivity index (χ0v) is 26.4. The summed E-state index contributed by atoms with van der Waals surface area (Å²) in [4.78, 5) is 26.2. The SMILES string of the molecule is CN(C)S(=O)(=O)NC1CCC(Nc2ncc3c(n2)N(COCC[Si](C)(C)C)C(=O)N(c2ccccc2Cl)C3)CC1. The van der Waals surface area contributed by atoms with Crippen LogP contribution in [-0.2, 0) is 21.5 Å². The number of urea groups is 1. The van der Waals surface area contributed by atoms with Gasteiger partial charge in [0.2, 0.25) is 5.95 Å². The van der Waals surface area contributed by atoms with E-state index in [4.69, 9.17) is 21.3 Å². The zero-order chi connectivity index (χ0) is 29.1. The first-order valence-corrected chi connectivity index (χ1v) is 19.1. The Bertz CT molecular complexity index is 1300. The molecule has 1 aliphatic carbocycles. The molecule has 2 aliphatic rings. The maximum Gasteiger partial charge on any atom is 0.332 e. The Hall–Kier alpha value is -2.29. The fourth-order valence-electron chi connectivity index (χ4n) is 4.65. The highest BCUT2D eigenvalue weighted by atomic mass is 35.5. The molecule has 0 radical (unpaired) electrons. The van der Waals surface area contributed by atoms with Gasteiger partial charge in [0.25, 0.3) is 10.2 Å². The molecule has 2 N–H and O–H groups in total. The first kappa shape index (κ1) is 30.7. The van der Waals surface area contributed by atoms with E-state index >= 15 is 0 Å². The van der Waals surface area contributed by atoms with Gasteiger partial charge >= 0.3 is 6.03 Å². The van der Waals surface area contributed by atoms with Crippen molar-refractivity contribution in [2.45, 2.75) is 70.0 Å². The van der Waals surface area contributed by atoms with E-state index in [1.807, 2.05) is 18.2 Å². The van der Waals surface area contributed by atoms with Gasteiger partial charge in [-0.1, -0.05) is 43.4 Å². The average Bonchev–Trinajstić information content (AvgIpc) is 2.88. The van der Waals surface area contributed by atoms with Crippen LogP contribution in [0.4, 0.5) is 22.2 Å². The van der Waals surface area contributed by atoms with E-state index in [0.29, 0.717) is 48.5 Å². The van der Waals surface area contributed by atoms with E-state index in [1.165, 1.54) is 18.4 Å². The predicted molar refractivity (Wildman–Crippen MR) is 162 cm³/mol. The number of benzene rings is 1. The van der Waals surface area contributed by atoms with Crippen LogP contribution in [0.2, 0.25) is 30.7 Å². The van der Waals surface area contributed by atoms with Crippen LogP contribution in [-0.4, -0.2) is 76.3 Å².